The van der Waals surface area contributed by atoms with Gasteiger partial charge in [-0.1, -0.05) is 19.3 Å². The van der Waals surface area contributed by atoms with Gasteiger partial charge in [0.1, 0.15) is 5.60 Å². The first kappa shape index (κ1) is 26.8. The first-order valence-corrected chi connectivity index (χ1v) is 11.1. The van der Waals surface area contributed by atoms with E-state index in [0.717, 1.165) is 44.9 Å². The van der Waals surface area contributed by atoms with Crippen LogP contribution in [0.3, 0.4) is 0 Å². The Bertz CT molecular complexity index is 573. The normalized spacial score (nSPS) is 20.3. The van der Waals surface area contributed by atoms with Gasteiger partial charge in [-0.05, 0) is 47.0 Å². The highest BCUT2D eigenvalue weighted by molar-refractivity contribution is 14.0. The summed E-state index contributed by atoms with van der Waals surface area (Å²) in [7, 11) is 0. The van der Waals surface area contributed by atoms with E-state index in [2.05, 4.69) is 20.9 Å². The number of carbonyl (C=O) groups is 2. The van der Waals surface area contributed by atoms with Gasteiger partial charge in [-0.15, -0.1) is 24.0 Å². The van der Waals surface area contributed by atoms with E-state index in [9.17, 15) is 9.59 Å². The fourth-order valence-electron chi connectivity index (χ4n) is 3.84. The molecule has 8 nitrogen and oxygen atoms in total. The molecule has 30 heavy (non-hydrogen) atoms. The number of rotatable bonds is 6. The Morgan fingerprint density at radius 2 is 1.80 bits per heavy atom. The highest BCUT2D eigenvalue weighted by Crippen LogP contribution is 2.26. The molecular weight excluding hydrogens is 497 g/mol. The molecule has 1 aliphatic carbocycles. The van der Waals surface area contributed by atoms with Crippen molar-refractivity contribution in [2.75, 3.05) is 32.7 Å². The maximum Gasteiger partial charge on any atom is 0.407 e. The molecule has 1 saturated carbocycles. The van der Waals surface area contributed by atoms with Crippen LogP contribution in [0.25, 0.3) is 0 Å². The van der Waals surface area contributed by atoms with Crippen molar-refractivity contribution in [3.63, 3.8) is 0 Å². The molecule has 2 aliphatic rings. The van der Waals surface area contributed by atoms with E-state index in [0.29, 0.717) is 19.0 Å². The van der Waals surface area contributed by atoms with Crippen molar-refractivity contribution in [2.45, 2.75) is 77.9 Å². The van der Waals surface area contributed by atoms with Gasteiger partial charge < -0.3 is 25.6 Å². The Balaban J connectivity index is 0.00000450. The van der Waals surface area contributed by atoms with Gasteiger partial charge in [0.2, 0.25) is 5.91 Å². The lowest BCUT2D eigenvalue weighted by molar-refractivity contribution is -0.135. The second-order valence-electron chi connectivity index (χ2n) is 8.94. The third-order valence-corrected chi connectivity index (χ3v) is 5.19. The number of hydrogen-bond donors (Lipinski definition) is 3. The molecule has 0 aromatic heterocycles. The molecule has 1 atom stereocenters. The van der Waals surface area contributed by atoms with Gasteiger partial charge in [0.15, 0.2) is 5.96 Å². The lowest BCUT2D eigenvalue weighted by Gasteiger charge is -2.26. The van der Waals surface area contributed by atoms with Crippen LogP contribution in [0.5, 0.6) is 0 Å². The summed E-state index contributed by atoms with van der Waals surface area (Å²) in [6.07, 6.45) is 6.21. The standard InChI is InChI=1S/C21H39N5O3.HI/c1-5-22-19(23-12-13-24-20(28)29-21(2,3)4)25-17-11-14-26(15-17)18(27)16-9-7-6-8-10-16;/h16-17H,5-15H2,1-4H3,(H,24,28)(H2,22,23,25);1H. The summed E-state index contributed by atoms with van der Waals surface area (Å²) < 4.78 is 5.22. The zero-order chi connectivity index (χ0) is 21.3. The van der Waals surface area contributed by atoms with Crippen LogP contribution in [-0.2, 0) is 9.53 Å². The molecule has 9 heteroatoms. The molecule has 0 radical (unpaired) electrons. The number of carbonyl (C=O) groups excluding carboxylic acids is 2. The van der Waals surface area contributed by atoms with Crippen LogP contribution in [-0.4, -0.2) is 67.2 Å². The van der Waals surface area contributed by atoms with E-state index in [-0.39, 0.29) is 35.9 Å². The fraction of sp³-hybridized carbons (Fsp3) is 0.857. The van der Waals surface area contributed by atoms with E-state index >= 15 is 0 Å². The summed E-state index contributed by atoms with van der Waals surface area (Å²) in [5.74, 6) is 1.27. The minimum absolute atomic E-state index is 0. The molecule has 0 bridgehead atoms. The second kappa shape index (κ2) is 13.2. The topological polar surface area (TPSA) is 95.1 Å². The van der Waals surface area contributed by atoms with Crippen molar-refractivity contribution in [1.29, 1.82) is 0 Å². The van der Waals surface area contributed by atoms with Crippen LogP contribution >= 0.6 is 24.0 Å². The van der Waals surface area contributed by atoms with E-state index in [1.54, 1.807) is 0 Å². The SMILES string of the molecule is CCNC(=NCCNC(=O)OC(C)(C)C)NC1CCN(C(=O)C2CCCCC2)C1.I. The molecule has 174 valence electrons. The fourth-order valence-corrected chi connectivity index (χ4v) is 3.84. The van der Waals surface area contributed by atoms with Crippen LogP contribution in [0.2, 0.25) is 0 Å². The molecular formula is C21H40IN5O3. The number of alkyl carbamates (subject to hydrolysis) is 1. The Morgan fingerprint density at radius 1 is 1.10 bits per heavy atom. The predicted molar refractivity (Wildman–Crippen MR) is 130 cm³/mol. The van der Waals surface area contributed by atoms with Crippen molar-refractivity contribution >= 4 is 41.9 Å². The lowest BCUT2D eigenvalue weighted by Crippen LogP contribution is -2.46. The Kier molecular flexibility index (Phi) is 11.8. The summed E-state index contributed by atoms with van der Waals surface area (Å²) in [5, 5.41) is 9.38. The van der Waals surface area contributed by atoms with Crippen LogP contribution in [0.4, 0.5) is 4.79 Å². The van der Waals surface area contributed by atoms with Gasteiger partial charge >= 0.3 is 6.09 Å². The van der Waals surface area contributed by atoms with Gasteiger partial charge in [0, 0.05) is 38.1 Å². The summed E-state index contributed by atoms with van der Waals surface area (Å²) in [4.78, 5) is 31.0. The highest BCUT2D eigenvalue weighted by Gasteiger charge is 2.31. The number of halogens is 1. The zero-order valence-corrected chi connectivity index (χ0v) is 21.3. The summed E-state index contributed by atoms with van der Waals surface area (Å²) in [5.41, 5.74) is -0.507. The number of aliphatic imine (C=N–C) groups is 1. The van der Waals surface area contributed by atoms with Crippen molar-refractivity contribution in [2.24, 2.45) is 10.9 Å². The highest BCUT2D eigenvalue weighted by atomic mass is 127. The molecule has 3 N–H and O–H groups in total. The quantitative estimate of drug-likeness (QED) is 0.210. The maximum absolute atomic E-state index is 12.7. The monoisotopic (exact) mass is 537 g/mol. The van der Waals surface area contributed by atoms with E-state index in [1.165, 1.54) is 19.3 Å². The second-order valence-corrected chi connectivity index (χ2v) is 8.94. The Hall–Kier alpha value is -1.26. The molecule has 0 aromatic rings. The third-order valence-electron chi connectivity index (χ3n) is 5.19. The van der Waals surface area contributed by atoms with Crippen LogP contribution in [0.1, 0.15) is 66.2 Å². The smallest absolute Gasteiger partial charge is 0.407 e. The number of hydrogen-bond acceptors (Lipinski definition) is 4. The van der Waals surface area contributed by atoms with Crippen molar-refractivity contribution in [1.82, 2.24) is 20.9 Å². The summed E-state index contributed by atoms with van der Waals surface area (Å²) in [6.45, 7) is 10.7. The minimum Gasteiger partial charge on any atom is -0.444 e. The lowest BCUT2D eigenvalue weighted by atomic mass is 9.88. The average molecular weight is 537 g/mol. The van der Waals surface area contributed by atoms with Gasteiger partial charge in [-0.2, -0.15) is 0 Å². The van der Waals surface area contributed by atoms with Gasteiger partial charge in [-0.25, -0.2) is 4.79 Å². The number of nitrogens with zero attached hydrogens (tertiary/aromatic N) is 2. The maximum atomic E-state index is 12.7. The van der Waals surface area contributed by atoms with Crippen LogP contribution < -0.4 is 16.0 Å². The molecule has 1 unspecified atom stereocenters. The van der Waals surface area contributed by atoms with Crippen molar-refractivity contribution in [3.05, 3.63) is 0 Å². The van der Waals surface area contributed by atoms with Gasteiger partial charge in [-0.3, -0.25) is 9.79 Å². The molecule has 2 amide bonds. The summed E-state index contributed by atoms with van der Waals surface area (Å²) in [6, 6.07) is 0.208. The molecule has 1 heterocycles. The van der Waals surface area contributed by atoms with Crippen molar-refractivity contribution in [3.8, 4) is 0 Å². The van der Waals surface area contributed by atoms with E-state index in [1.807, 2.05) is 32.6 Å². The Labute approximate surface area is 198 Å². The zero-order valence-electron chi connectivity index (χ0n) is 19.0. The van der Waals surface area contributed by atoms with Gasteiger partial charge in [0.25, 0.3) is 0 Å². The molecule has 0 aromatic carbocycles. The molecule has 2 fully saturated rings. The van der Waals surface area contributed by atoms with Crippen LogP contribution in [0.15, 0.2) is 4.99 Å². The van der Waals surface area contributed by atoms with Crippen LogP contribution in [0, 0.1) is 5.92 Å². The van der Waals surface area contributed by atoms with E-state index in [4.69, 9.17) is 4.74 Å². The van der Waals surface area contributed by atoms with E-state index < -0.39 is 11.7 Å². The Morgan fingerprint density at radius 3 is 2.43 bits per heavy atom. The predicted octanol–water partition coefficient (Wildman–Crippen LogP) is 2.87. The van der Waals surface area contributed by atoms with Crippen molar-refractivity contribution < 1.29 is 14.3 Å². The average Bonchev–Trinajstić information content (AvgIpc) is 3.12. The minimum atomic E-state index is -0.507. The molecule has 1 aliphatic heterocycles. The third kappa shape index (κ3) is 9.70. The molecule has 1 saturated heterocycles. The summed E-state index contributed by atoms with van der Waals surface area (Å²) >= 11 is 0. The number of guanidine groups is 1. The first-order valence-electron chi connectivity index (χ1n) is 11.1. The molecule has 2 rings (SSSR count). The number of nitrogens with one attached hydrogen (secondary N) is 3. The number of likely N-dealkylation sites (tertiary alicyclic amines) is 1. The first-order chi connectivity index (χ1) is 13.8. The van der Waals surface area contributed by atoms with Gasteiger partial charge in [0.05, 0.1) is 6.54 Å². The number of amides is 2. The molecule has 0 spiro atoms. The number of ether oxygens (including phenoxy) is 1. The largest absolute Gasteiger partial charge is 0.444 e.